The Bertz CT molecular complexity index is 1030. The van der Waals surface area contributed by atoms with Gasteiger partial charge in [0.1, 0.15) is 5.82 Å². The van der Waals surface area contributed by atoms with Gasteiger partial charge in [-0.25, -0.2) is 4.39 Å². The number of hydrogen-bond donors (Lipinski definition) is 1. The Balaban J connectivity index is 0.893. The third-order valence-electron chi connectivity index (χ3n) is 8.83. The van der Waals surface area contributed by atoms with E-state index >= 15 is 0 Å². The van der Waals surface area contributed by atoms with Gasteiger partial charge in [-0.05, 0) is 87.9 Å². The van der Waals surface area contributed by atoms with Crippen LogP contribution in [-0.4, -0.2) is 66.9 Å². The fourth-order valence-electron chi connectivity index (χ4n) is 6.75. The van der Waals surface area contributed by atoms with Gasteiger partial charge in [0.2, 0.25) is 5.91 Å². The first-order chi connectivity index (χ1) is 17.1. The number of aromatic nitrogens is 1. The van der Waals surface area contributed by atoms with Crippen molar-refractivity contribution < 1.29 is 18.4 Å². The molecular formula is C27H37FN4O3. The van der Waals surface area contributed by atoms with Crippen LogP contribution in [0.1, 0.15) is 57.8 Å². The molecule has 1 N–H and O–H groups in total. The standard InChI is InChI=1S/C27H37FN4O3/c28-20-3-7-25-23(17-20)27(30-35-25)32-13-11-31(12-14-32)10-9-18-1-4-21(5-2-18)29-26(33)16-19-15-22-6-8-24(19)34-22/h3,7,17-19,21-22,24H,1-2,4-6,8-16H2,(H,29,33)/t18?,19-,21?,22-,24-/m0/s1. The smallest absolute Gasteiger partial charge is 0.220 e. The molecule has 4 fully saturated rings. The van der Waals surface area contributed by atoms with Crippen molar-refractivity contribution in [1.29, 1.82) is 0 Å². The minimum Gasteiger partial charge on any atom is -0.375 e. The van der Waals surface area contributed by atoms with E-state index in [0.717, 1.165) is 75.5 Å². The fourth-order valence-corrected chi connectivity index (χ4v) is 6.75. The molecule has 3 aliphatic heterocycles. The number of ether oxygens (including phenoxy) is 1. The minimum absolute atomic E-state index is 0.232. The molecule has 8 heteroatoms. The van der Waals surface area contributed by atoms with E-state index in [2.05, 4.69) is 20.3 Å². The normalized spacial score (nSPS) is 31.3. The number of nitrogens with zero attached hydrogens (tertiary/aromatic N) is 3. The average molecular weight is 485 g/mol. The van der Waals surface area contributed by atoms with Crippen LogP contribution in [0.25, 0.3) is 11.0 Å². The van der Waals surface area contributed by atoms with Gasteiger partial charge in [0, 0.05) is 38.6 Å². The van der Waals surface area contributed by atoms with Gasteiger partial charge >= 0.3 is 0 Å². The van der Waals surface area contributed by atoms with Gasteiger partial charge in [0.05, 0.1) is 17.6 Å². The van der Waals surface area contributed by atoms with Crippen LogP contribution in [0.4, 0.5) is 10.2 Å². The zero-order valence-electron chi connectivity index (χ0n) is 20.5. The van der Waals surface area contributed by atoms with Crippen LogP contribution in [0.5, 0.6) is 0 Å². The summed E-state index contributed by atoms with van der Waals surface area (Å²) in [7, 11) is 0. The number of benzene rings is 1. The highest BCUT2D eigenvalue weighted by molar-refractivity contribution is 5.88. The quantitative estimate of drug-likeness (QED) is 0.638. The Morgan fingerprint density at radius 2 is 1.91 bits per heavy atom. The Kier molecular flexibility index (Phi) is 6.67. The van der Waals surface area contributed by atoms with Crippen molar-refractivity contribution in [1.82, 2.24) is 15.4 Å². The van der Waals surface area contributed by atoms with Gasteiger partial charge in [-0.15, -0.1) is 0 Å². The highest BCUT2D eigenvalue weighted by atomic mass is 19.1. The number of carbonyl (C=O) groups excluding carboxylic acids is 1. The largest absolute Gasteiger partial charge is 0.375 e. The predicted octanol–water partition coefficient (Wildman–Crippen LogP) is 4.11. The molecule has 1 aromatic carbocycles. The van der Waals surface area contributed by atoms with Gasteiger partial charge < -0.3 is 19.5 Å². The maximum absolute atomic E-state index is 13.7. The Hall–Kier alpha value is -2.19. The summed E-state index contributed by atoms with van der Waals surface area (Å²) in [6.07, 6.45) is 10.6. The molecule has 1 aliphatic carbocycles. The molecule has 35 heavy (non-hydrogen) atoms. The molecule has 0 radical (unpaired) electrons. The summed E-state index contributed by atoms with van der Waals surface area (Å²) in [6, 6.07) is 4.92. The summed E-state index contributed by atoms with van der Waals surface area (Å²) in [6.45, 7) is 4.85. The van der Waals surface area contributed by atoms with Crippen LogP contribution in [-0.2, 0) is 9.53 Å². The van der Waals surface area contributed by atoms with Crippen LogP contribution in [0.2, 0.25) is 0 Å². The minimum atomic E-state index is -0.259. The molecule has 0 spiro atoms. The van der Waals surface area contributed by atoms with Crippen LogP contribution in [0, 0.1) is 17.7 Å². The molecule has 2 aromatic rings. The molecule has 1 saturated carbocycles. The van der Waals surface area contributed by atoms with Crippen molar-refractivity contribution in [2.45, 2.75) is 76.0 Å². The van der Waals surface area contributed by atoms with Crippen molar-refractivity contribution in [3.63, 3.8) is 0 Å². The lowest BCUT2D eigenvalue weighted by Gasteiger charge is -2.36. The molecule has 190 valence electrons. The molecule has 1 amide bonds. The van der Waals surface area contributed by atoms with Crippen molar-refractivity contribution >= 4 is 22.7 Å². The number of piperazine rings is 1. The monoisotopic (exact) mass is 484 g/mol. The molecule has 0 unspecified atom stereocenters. The van der Waals surface area contributed by atoms with Crippen LogP contribution >= 0.6 is 0 Å². The lowest BCUT2D eigenvalue weighted by molar-refractivity contribution is -0.123. The summed E-state index contributed by atoms with van der Waals surface area (Å²) < 4.78 is 25.0. The van der Waals surface area contributed by atoms with E-state index in [0.29, 0.717) is 36.2 Å². The fraction of sp³-hybridized carbons (Fsp3) is 0.704. The average Bonchev–Trinajstić information content (AvgIpc) is 3.60. The first-order valence-corrected chi connectivity index (χ1v) is 13.6. The molecule has 1 aromatic heterocycles. The van der Waals surface area contributed by atoms with Crippen LogP contribution in [0.3, 0.4) is 0 Å². The second-order valence-electron chi connectivity index (χ2n) is 11.1. The number of hydrogen-bond acceptors (Lipinski definition) is 6. The van der Waals surface area contributed by atoms with E-state index in [-0.39, 0.29) is 11.7 Å². The number of nitrogens with one attached hydrogen (secondary N) is 1. The molecule has 4 heterocycles. The summed E-state index contributed by atoms with van der Waals surface area (Å²) >= 11 is 0. The summed E-state index contributed by atoms with van der Waals surface area (Å²) in [5.41, 5.74) is 0.634. The number of amides is 1. The zero-order valence-corrected chi connectivity index (χ0v) is 20.5. The van der Waals surface area contributed by atoms with E-state index in [1.807, 2.05) is 0 Å². The predicted molar refractivity (Wildman–Crippen MR) is 132 cm³/mol. The SMILES string of the molecule is O=C(C[C@@H]1C[C@@H]2CC[C@@H]1O2)NC1CCC(CCN2CCN(c3noc4ccc(F)cc34)CC2)CC1. The number of carbonyl (C=O) groups is 1. The van der Waals surface area contributed by atoms with Gasteiger partial charge in [-0.2, -0.15) is 0 Å². The van der Waals surface area contributed by atoms with Crippen molar-refractivity contribution in [2.75, 3.05) is 37.6 Å². The second kappa shape index (κ2) is 10.1. The Labute approximate surface area is 206 Å². The van der Waals surface area contributed by atoms with Crippen molar-refractivity contribution in [2.24, 2.45) is 11.8 Å². The maximum atomic E-state index is 13.7. The van der Waals surface area contributed by atoms with Gasteiger partial charge in [0.15, 0.2) is 11.4 Å². The third-order valence-corrected chi connectivity index (χ3v) is 8.83. The molecule has 4 aliphatic rings. The zero-order chi connectivity index (χ0) is 23.8. The van der Waals surface area contributed by atoms with Crippen LogP contribution < -0.4 is 10.2 Å². The van der Waals surface area contributed by atoms with Gasteiger partial charge in [-0.3, -0.25) is 9.69 Å². The van der Waals surface area contributed by atoms with Crippen LogP contribution in [0.15, 0.2) is 22.7 Å². The summed E-state index contributed by atoms with van der Waals surface area (Å²) in [5, 5.41) is 8.27. The summed E-state index contributed by atoms with van der Waals surface area (Å²) in [5.74, 6) is 1.92. The number of fused-ring (bicyclic) bond motifs is 3. The first kappa shape index (κ1) is 23.2. The Morgan fingerprint density at radius 1 is 1.09 bits per heavy atom. The molecule has 3 atom stereocenters. The summed E-state index contributed by atoms with van der Waals surface area (Å²) in [4.78, 5) is 17.3. The van der Waals surface area contributed by atoms with E-state index in [1.54, 1.807) is 6.07 Å². The highest BCUT2D eigenvalue weighted by Crippen LogP contribution is 2.40. The maximum Gasteiger partial charge on any atom is 0.220 e. The highest BCUT2D eigenvalue weighted by Gasteiger charge is 2.41. The van der Waals surface area contributed by atoms with Gasteiger partial charge in [0.25, 0.3) is 0 Å². The Morgan fingerprint density at radius 3 is 2.66 bits per heavy atom. The van der Waals surface area contributed by atoms with Crippen molar-refractivity contribution in [3.8, 4) is 0 Å². The second-order valence-corrected chi connectivity index (χ2v) is 11.1. The molecule has 7 nitrogen and oxygen atoms in total. The molecule has 3 saturated heterocycles. The number of rotatable bonds is 7. The first-order valence-electron chi connectivity index (χ1n) is 13.6. The van der Waals surface area contributed by atoms with E-state index < -0.39 is 0 Å². The lowest BCUT2D eigenvalue weighted by Crippen LogP contribution is -2.47. The van der Waals surface area contributed by atoms with E-state index in [4.69, 9.17) is 9.26 Å². The molecular weight excluding hydrogens is 447 g/mol. The topological polar surface area (TPSA) is 70.8 Å². The molecule has 2 bridgehead atoms. The number of halogens is 1. The third kappa shape index (κ3) is 5.19. The molecule has 6 rings (SSSR count). The lowest BCUT2D eigenvalue weighted by atomic mass is 9.83. The van der Waals surface area contributed by atoms with Crippen molar-refractivity contribution in [3.05, 3.63) is 24.0 Å². The number of anilines is 1. The van der Waals surface area contributed by atoms with E-state index in [9.17, 15) is 9.18 Å². The van der Waals surface area contributed by atoms with E-state index in [1.165, 1.54) is 37.8 Å². The van der Waals surface area contributed by atoms with Gasteiger partial charge in [-0.1, -0.05) is 5.16 Å².